The van der Waals surface area contributed by atoms with Crippen LogP contribution >= 0.6 is 11.6 Å². The molecule has 1 saturated carbocycles. The quantitative estimate of drug-likeness (QED) is 0.872. The summed E-state index contributed by atoms with van der Waals surface area (Å²) in [6.07, 6.45) is 1.99. The molecule has 3 nitrogen and oxygen atoms in total. The van der Waals surface area contributed by atoms with Gasteiger partial charge >= 0.3 is 0 Å². The third kappa shape index (κ3) is 2.53. The Kier molecular flexibility index (Phi) is 3.12. The Morgan fingerprint density at radius 2 is 2.31 bits per heavy atom. The number of nitrogens with one attached hydrogen (secondary N) is 1. The fraction of sp³-hybridized carbons (Fsp3) is 0.333. The Balaban J connectivity index is 1.99. The molecule has 1 aliphatic carbocycles. The monoisotopic (exact) mass is 234 g/mol. The van der Waals surface area contributed by atoms with Gasteiger partial charge in [-0.05, 0) is 30.5 Å². The van der Waals surface area contributed by atoms with Crippen LogP contribution < -0.4 is 5.32 Å². The fourth-order valence-electron chi connectivity index (χ4n) is 1.45. The van der Waals surface area contributed by atoms with E-state index in [0.29, 0.717) is 17.1 Å². The summed E-state index contributed by atoms with van der Waals surface area (Å²) < 4.78 is 0. The van der Waals surface area contributed by atoms with Gasteiger partial charge in [-0.25, -0.2) is 0 Å². The normalized spacial score (nSPS) is 14.2. The summed E-state index contributed by atoms with van der Waals surface area (Å²) in [5, 5.41) is 12.1. The molecular weight excluding hydrogens is 224 g/mol. The lowest BCUT2D eigenvalue weighted by atomic mass is 10.1. The van der Waals surface area contributed by atoms with E-state index in [1.165, 1.54) is 0 Å². The van der Waals surface area contributed by atoms with Crippen molar-refractivity contribution in [3.8, 4) is 6.07 Å². The Morgan fingerprint density at radius 3 is 2.94 bits per heavy atom. The summed E-state index contributed by atoms with van der Waals surface area (Å²) in [7, 11) is 0. The van der Waals surface area contributed by atoms with Crippen molar-refractivity contribution in [1.82, 2.24) is 5.32 Å². The first-order valence-electron chi connectivity index (χ1n) is 5.17. The molecule has 1 aromatic carbocycles. The molecule has 1 aliphatic rings. The summed E-state index contributed by atoms with van der Waals surface area (Å²) in [5.41, 5.74) is 1.34. The first-order valence-corrected chi connectivity index (χ1v) is 5.54. The van der Waals surface area contributed by atoms with Crippen LogP contribution in [-0.4, -0.2) is 5.91 Å². The highest BCUT2D eigenvalue weighted by Crippen LogP contribution is 2.28. The van der Waals surface area contributed by atoms with Crippen molar-refractivity contribution >= 4 is 17.5 Å². The Labute approximate surface area is 99.0 Å². The van der Waals surface area contributed by atoms with Gasteiger partial charge in [-0.15, -0.1) is 0 Å². The summed E-state index contributed by atoms with van der Waals surface area (Å²) in [4.78, 5) is 11.4. The highest BCUT2D eigenvalue weighted by molar-refractivity contribution is 6.31. The zero-order chi connectivity index (χ0) is 11.5. The highest BCUT2D eigenvalue weighted by Gasteiger charge is 2.29. The second-order valence-corrected chi connectivity index (χ2v) is 4.33. The van der Waals surface area contributed by atoms with Crippen molar-refractivity contribution in [1.29, 1.82) is 5.26 Å². The van der Waals surface area contributed by atoms with E-state index in [4.69, 9.17) is 16.9 Å². The average Bonchev–Trinajstić information content (AvgIpc) is 3.11. The first-order chi connectivity index (χ1) is 7.70. The maximum absolute atomic E-state index is 11.4. The number of nitriles is 1. The van der Waals surface area contributed by atoms with Crippen LogP contribution in [0.4, 0.5) is 0 Å². The zero-order valence-electron chi connectivity index (χ0n) is 8.66. The van der Waals surface area contributed by atoms with E-state index in [9.17, 15) is 4.79 Å². The number of halogens is 1. The minimum Gasteiger partial charge on any atom is -0.352 e. The average molecular weight is 235 g/mol. The Morgan fingerprint density at radius 1 is 1.56 bits per heavy atom. The molecule has 0 unspecified atom stereocenters. The molecule has 1 fully saturated rings. The maximum Gasteiger partial charge on any atom is 0.223 e. The molecule has 1 amide bonds. The van der Waals surface area contributed by atoms with E-state index in [2.05, 4.69) is 5.32 Å². The van der Waals surface area contributed by atoms with Gasteiger partial charge in [-0.1, -0.05) is 17.7 Å². The van der Waals surface area contributed by atoms with Crippen LogP contribution in [0.15, 0.2) is 18.2 Å². The largest absolute Gasteiger partial charge is 0.352 e. The van der Waals surface area contributed by atoms with Gasteiger partial charge in [0.1, 0.15) is 6.07 Å². The van der Waals surface area contributed by atoms with Crippen LogP contribution in [0.3, 0.4) is 0 Å². The van der Waals surface area contributed by atoms with E-state index in [0.717, 1.165) is 18.4 Å². The van der Waals surface area contributed by atoms with Crippen LogP contribution in [0.1, 0.15) is 24.0 Å². The molecule has 0 spiro atoms. The molecule has 4 heteroatoms. The van der Waals surface area contributed by atoms with E-state index in [-0.39, 0.29) is 11.8 Å². The lowest BCUT2D eigenvalue weighted by molar-refractivity contribution is -0.122. The first kappa shape index (κ1) is 11.0. The van der Waals surface area contributed by atoms with Gasteiger partial charge in [0, 0.05) is 12.5 Å². The number of nitrogens with zero attached hydrogens (tertiary/aromatic N) is 1. The number of rotatable bonds is 3. The molecule has 0 aliphatic heterocycles. The number of hydrogen-bond acceptors (Lipinski definition) is 2. The molecule has 0 aromatic heterocycles. The van der Waals surface area contributed by atoms with Gasteiger partial charge in [-0.3, -0.25) is 4.79 Å². The Hall–Kier alpha value is -1.53. The van der Waals surface area contributed by atoms with Crippen LogP contribution in [0.5, 0.6) is 0 Å². The SMILES string of the molecule is N#Cc1cc(CNC(=O)C2CC2)ccc1Cl. The highest BCUT2D eigenvalue weighted by atomic mass is 35.5. The molecule has 0 saturated heterocycles. The van der Waals surface area contributed by atoms with E-state index >= 15 is 0 Å². The molecule has 1 N–H and O–H groups in total. The van der Waals surface area contributed by atoms with Gasteiger partial charge in [0.2, 0.25) is 5.91 Å². The van der Waals surface area contributed by atoms with E-state index in [1.807, 2.05) is 12.1 Å². The minimum atomic E-state index is 0.105. The predicted molar refractivity (Wildman–Crippen MR) is 60.7 cm³/mol. The predicted octanol–water partition coefficient (Wildman–Crippen LogP) is 2.24. The molecule has 1 aromatic rings. The van der Waals surface area contributed by atoms with Crippen LogP contribution in [-0.2, 0) is 11.3 Å². The van der Waals surface area contributed by atoms with Gasteiger partial charge in [0.05, 0.1) is 10.6 Å². The maximum atomic E-state index is 11.4. The molecular formula is C12H11ClN2O. The van der Waals surface area contributed by atoms with Crippen molar-refractivity contribution in [2.45, 2.75) is 19.4 Å². The number of benzene rings is 1. The van der Waals surface area contributed by atoms with Gasteiger partial charge in [0.25, 0.3) is 0 Å². The summed E-state index contributed by atoms with van der Waals surface area (Å²) in [6.45, 7) is 0.460. The molecule has 0 atom stereocenters. The number of carbonyl (C=O) groups is 1. The van der Waals surface area contributed by atoms with Gasteiger partial charge in [-0.2, -0.15) is 5.26 Å². The van der Waals surface area contributed by atoms with Crippen molar-refractivity contribution < 1.29 is 4.79 Å². The topological polar surface area (TPSA) is 52.9 Å². The lowest BCUT2D eigenvalue weighted by Crippen LogP contribution is -2.24. The van der Waals surface area contributed by atoms with Crippen molar-refractivity contribution in [3.05, 3.63) is 34.3 Å². The summed E-state index contributed by atoms with van der Waals surface area (Å²) >= 11 is 5.81. The summed E-state index contributed by atoms with van der Waals surface area (Å²) in [5.74, 6) is 0.316. The Bertz CT molecular complexity index is 461. The van der Waals surface area contributed by atoms with Crippen molar-refractivity contribution in [2.75, 3.05) is 0 Å². The van der Waals surface area contributed by atoms with E-state index < -0.39 is 0 Å². The molecule has 0 heterocycles. The van der Waals surface area contributed by atoms with Gasteiger partial charge in [0.15, 0.2) is 0 Å². The molecule has 2 rings (SSSR count). The smallest absolute Gasteiger partial charge is 0.223 e. The van der Waals surface area contributed by atoms with Crippen LogP contribution in [0.25, 0.3) is 0 Å². The lowest BCUT2D eigenvalue weighted by Gasteiger charge is -2.05. The number of carbonyl (C=O) groups excluding carboxylic acids is 1. The second kappa shape index (κ2) is 4.54. The number of amides is 1. The molecule has 16 heavy (non-hydrogen) atoms. The molecule has 82 valence electrons. The van der Waals surface area contributed by atoms with Gasteiger partial charge < -0.3 is 5.32 Å². The fourth-order valence-corrected chi connectivity index (χ4v) is 1.61. The third-order valence-corrected chi connectivity index (χ3v) is 2.90. The number of hydrogen-bond donors (Lipinski definition) is 1. The minimum absolute atomic E-state index is 0.105. The van der Waals surface area contributed by atoms with Crippen LogP contribution in [0, 0.1) is 17.2 Å². The van der Waals surface area contributed by atoms with Crippen molar-refractivity contribution in [2.24, 2.45) is 5.92 Å². The second-order valence-electron chi connectivity index (χ2n) is 3.92. The standard InChI is InChI=1S/C12H11ClN2O/c13-11-4-1-8(5-10(11)6-14)7-15-12(16)9-2-3-9/h1,4-5,9H,2-3,7H2,(H,15,16). The third-order valence-electron chi connectivity index (χ3n) is 2.57. The molecule has 0 bridgehead atoms. The van der Waals surface area contributed by atoms with Crippen LogP contribution in [0.2, 0.25) is 5.02 Å². The van der Waals surface area contributed by atoms with Crippen molar-refractivity contribution in [3.63, 3.8) is 0 Å². The van der Waals surface area contributed by atoms with E-state index in [1.54, 1.807) is 12.1 Å². The molecule has 0 radical (unpaired) electrons. The zero-order valence-corrected chi connectivity index (χ0v) is 9.42. The summed E-state index contributed by atoms with van der Waals surface area (Å²) in [6, 6.07) is 7.21.